The highest BCUT2D eigenvalue weighted by atomic mass is 19.1. The van der Waals surface area contributed by atoms with Crippen LogP contribution in [0.25, 0.3) is 0 Å². The maximum absolute atomic E-state index is 14.1. The summed E-state index contributed by atoms with van der Waals surface area (Å²) in [6.45, 7) is 9.98. The van der Waals surface area contributed by atoms with Crippen LogP contribution in [0.15, 0.2) is 6.07 Å². The second-order valence-corrected chi connectivity index (χ2v) is 6.23. The molecule has 0 amide bonds. The monoisotopic (exact) mass is 299 g/mol. The molecular formula is C16H27F2N3. The van der Waals surface area contributed by atoms with Crippen LogP contribution in [0.2, 0.25) is 0 Å². The van der Waals surface area contributed by atoms with Gasteiger partial charge in [0.05, 0.1) is 0 Å². The maximum Gasteiger partial charge on any atom is 0.168 e. The fraction of sp³-hybridized carbons (Fsp3) is 0.688. The Balaban J connectivity index is 2.99. The molecule has 1 aromatic rings. The average Bonchev–Trinajstić information content (AvgIpc) is 2.39. The molecule has 3 nitrogen and oxygen atoms in total. The zero-order chi connectivity index (χ0) is 16.0. The van der Waals surface area contributed by atoms with Crippen LogP contribution in [-0.2, 0) is 0 Å². The highest BCUT2D eigenvalue weighted by Gasteiger charge is 2.17. The van der Waals surface area contributed by atoms with Gasteiger partial charge in [-0.05, 0) is 24.7 Å². The Bertz CT molecular complexity index is 435. The first kappa shape index (κ1) is 17.7. The van der Waals surface area contributed by atoms with Gasteiger partial charge in [-0.2, -0.15) is 0 Å². The first-order valence-corrected chi connectivity index (χ1v) is 7.63. The lowest BCUT2D eigenvalue weighted by molar-refractivity contribution is 0.518. The minimum atomic E-state index is -0.661. The molecule has 5 heteroatoms. The summed E-state index contributed by atoms with van der Waals surface area (Å²) in [4.78, 5) is 6.04. The predicted octanol–water partition coefficient (Wildman–Crippen LogP) is 4.30. The van der Waals surface area contributed by atoms with Crippen molar-refractivity contribution in [1.82, 2.24) is 4.98 Å². The Morgan fingerprint density at radius 2 is 1.57 bits per heavy atom. The summed E-state index contributed by atoms with van der Waals surface area (Å²) < 4.78 is 27.6. The Morgan fingerprint density at radius 1 is 1.05 bits per heavy atom. The molecular weight excluding hydrogens is 272 g/mol. The maximum atomic E-state index is 14.1. The molecule has 0 fully saturated rings. The van der Waals surface area contributed by atoms with Crippen LogP contribution in [0.3, 0.4) is 0 Å². The molecule has 0 aromatic carbocycles. The van der Waals surface area contributed by atoms with Crippen molar-refractivity contribution in [2.45, 2.75) is 40.5 Å². The summed E-state index contributed by atoms with van der Waals surface area (Å²) >= 11 is 0. The molecule has 0 aliphatic rings. The highest BCUT2D eigenvalue weighted by molar-refractivity contribution is 5.49. The van der Waals surface area contributed by atoms with Gasteiger partial charge in [0.2, 0.25) is 0 Å². The third-order valence-electron chi connectivity index (χ3n) is 3.40. The first-order valence-electron chi connectivity index (χ1n) is 7.63. The molecule has 1 aromatic heterocycles. The number of nitrogens with zero attached hydrogens (tertiary/aromatic N) is 2. The fourth-order valence-corrected chi connectivity index (χ4v) is 2.01. The lowest BCUT2D eigenvalue weighted by Crippen LogP contribution is -2.29. The molecule has 0 spiro atoms. The van der Waals surface area contributed by atoms with Crippen LogP contribution in [0.4, 0.5) is 20.4 Å². The van der Waals surface area contributed by atoms with Gasteiger partial charge in [0.25, 0.3) is 0 Å². The van der Waals surface area contributed by atoms with Crippen molar-refractivity contribution < 1.29 is 8.78 Å². The van der Waals surface area contributed by atoms with Crippen molar-refractivity contribution in [3.63, 3.8) is 0 Å². The Labute approximate surface area is 126 Å². The van der Waals surface area contributed by atoms with E-state index in [1.807, 2.05) is 4.90 Å². The summed E-state index contributed by atoms with van der Waals surface area (Å²) in [6.07, 6.45) is 1.90. The minimum Gasteiger partial charge on any atom is -0.371 e. The second kappa shape index (κ2) is 8.15. The van der Waals surface area contributed by atoms with Gasteiger partial charge < -0.3 is 10.2 Å². The smallest absolute Gasteiger partial charge is 0.168 e. The van der Waals surface area contributed by atoms with E-state index in [4.69, 9.17) is 0 Å². The van der Waals surface area contributed by atoms with E-state index < -0.39 is 11.6 Å². The van der Waals surface area contributed by atoms with E-state index in [0.29, 0.717) is 11.8 Å². The number of halogens is 2. The van der Waals surface area contributed by atoms with Crippen LogP contribution in [0.1, 0.15) is 40.5 Å². The lowest BCUT2D eigenvalue weighted by Gasteiger charge is -2.26. The molecule has 0 saturated carbocycles. The zero-order valence-electron chi connectivity index (χ0n) is 13.7. The second-order valence-electron chi connectivity index (χ2n) is 6.23. The van der Waals surface area contributed by atoms with Gasteiger partial charge in [0.1, 0.15) is 0 Å². The quantitative estimate of drug-likeness (QED) is 0.775. The van der Waals surface area contributed by atoms with E-state index in [9.17, 15) is 8.78 Å². The average molecular weight is 299 g/mol. The largest absolute Gasteiger partial charge is 0.371 e. The molecule has 0 aliphatic heterocycles. The number of pyridine rings is 1. The number of rotatable bonds is 8. The molecule has 21 heavy (non-hydrogen) atoms. The molecule has 120 valence electrons. The number of nitrogens with one attached hydrogen (secondary N) is 1. The van der Waals surface area contributed by atoms with E-state index in [1.165, 1.54) is 0 Å². The van der Waals surface area contributed by atoms with E-state index in [0.717, 1.165) is 32.0 Å². The summed E-state index contributed by atoms with van der Waals surface area (Å²) in [7, 11) is 1.58. The van der Waals surface area contributed by atoms with Crippen molar-refractivity contribution in [3.8, 4) is 0 Å². The Morgan fingerprint density at radius 3 is 2.00 bits per heavy atom. The minimum absolute atomic E-state index is 0.0884. The van der Waals surface area contributed by atoms with Gasteiger partial charge in [0, 0.05) is 26.2 Å². The van der Waals surface area contributed by atoms with Crippen LogP contribution in [0.5, 0.6) is 0 Å². The topological polar surface area (TPSA) is 28.2 Å². The van der Waals surface area contributed by atoms with Crippen molar-refractivity contribution in [1.29, 1.82) is 0 Å². The van der Waals surface area contributed by atoms with E-state index in [2.05, 4.69) is 38.0 Å². The molecule has 0 saturated heterocycles. The molecule has 1 N–H and O–H groups in total. The van der Waals surface area contributed by atoms with Gasteiger partial charge >= 0.3 is 0 Å². The molecule has 0 aliphatic carbocycles. The molecule has 1 heterocycles. The summed E-state index contributed by atoms with van der Waals surface area (Å²) in [5.74, 6) is 0.121. The number of aromatic nitrogens is 1. The normalized spacial score (nSPS) is 11.3. The Kier molecular flexibility index (Phi) is 6.85. The standard InChI is InChI=1S/C16H27F2N3/c1-11(2)6-8-21(9-7-12(3)4)16-14(18)10-13(17)15(19-5)20-16/h10-12H,6-9H2,1-5H3,(H,19,20). The van der Waals surface area contributed by atoms with Crippen molar-refractivity contribution in [2.75, 3.05) is 30.4 Å². The summed E-state index contributed by atoms with van der Waals surface area (Å²) in [5.41, 5.74) is 0. The van der Waals surface area contributed by atoms with E-state index in [-0.39, 0.29) is 11.6 Å². The van der Waals surface area contributed by atoms with Crippen LogP contribution in [-0.4, -0.2) is 25.1 Å². The van der Waals surface area contributed by atoms with Crippen LogP contribution >= 0.6 is 0 Å². The van der Waals surface area contributed by atoms with Crippen molar-refractivity contribution >= 4 is 11.6 Å². The SMILES string of the molecule is CNc1nc(N(CCC(C)C)CCC(C)C)c(F)cc1F. The van der Waals surface area contributed by atoms with Gasteiger partial charge in [-0.1, -0.05) is 27.7 Å². The summed E-state index contributed by atoms with van der Waals surface area (Å²) in [6, 6.07) is 0.909. The molecule has 0 bridgehead atoms. The zero-order valence-corrected chi connectivity index (χ0v) is 13.7. The first-order chi connectivity index (χ1) is 9.85. The van der Waals surface area contributed by atoms with Gasteiger partial charge in [-0.15, -0.1) is 0 Å². The third-order valence-corrected chi connectivity index (χ3v) is 3.40. The predicted molar refractivity (Wildman–Crippen MR) is 84.8 cm³/mol. The lowest BCUT2D eigenvalue weighted by atomic mass is 10.1. The number of anilines is 2. The van der Waals surface area contributed by atoms with Crippen LogP contribution in [0, 0.1) is 23.5 Å². The molecule has 0 atom stereocenters. The van der Waals surface area contributed by atoms with Gasteiger partial charge in [-0.25, -0.2) is 13.8 Å². The third kappa shape index (κ3) is 5.48. The van der Waals surface area contributed by atoms with E-state index in [1.54, 1.807) is 7.05 Å². The van der Waals surface area contributed by atoms with Crippen molar-refractivity contribution in [3.05, 3.63) is 17.7 Å². The highest BCUT2D eigenvalue weighted by Crippen LogP contribution is 2.23. The van der Waals surface area contributed by atoms with Gasteiger partial charge in [-0.3, -0.25) is 0 Å². The van der Waals surface area contributed by atoms with Crippen molar-refractivity contribution in [2.24, 2.45) is 11.8 Å². The fourth-order valence-electron chi connectivity index (χ4n) is 2.01. The molecule has 0 radical (unpaired) electrons. The summed E-state index contributed by atoms with van der Waals surface area (Å²) in [5, 5.41) is 2.67. The number of hydrogen-bond acceptors (Lipinski definition) is 3. The molecule has 0 unspecified atom stereocenters. The number of hydrogen-bond donors (Lipinski definition) is 1. The van der Waals surface area contributed by atoms with Crippen LogP contribution < -0.4 is 10.2 Å². The van der Waals surface area contributed by atoms with Gasteiger partial charge in [0.15, 0.2) is 23.3 Å². The Hall–Kier alpha value is -1.39. The van der Waals surface area contributed by atoms with E-state index >= 15 is 0 Å². The molecule has 1 rings (SSSR count).